The first kappa shape index (κ1) is 16.6. The van der Waals surface area contributed by atoms with Gasteiger partial charge < -0.3 is 19.6 Å². The van der Waals surface area contributed by atoms with Crippen LogP contribution in [0.3, 0.4) is 0 Å². The van der Waals surface area contributed by atoms with Gasteiger partial charge in [-0.15, -0.1) is 0 Å². The molecule has 2 aromatic carbocycles. The third-order valence-corrected chi connectivity index (χ3v) is 5.26. The number of hydrogen-bond acceptors (Lipinski definition) is 5. The van der Waals surface area contributed by atoms with Gasteiger partial charge in [0.25, 0.3) is 5.91 Å². The number of nitrogens with zero attached hydrogens (tertiary/aromatic N) is 4. The zero-order valence-electron chi connectivity index (χ0n) is 15.4. The predicted molar refractivity (Wildman–Crippen MR) is 106 cm³/mol. The van der Waals surface area contributed by atoms with Gasteiger partial charge in [-0.25, -0.2) is 4.98 Å². The van der Waals surface area contributed by atoms with E-state index in [2.05, 4.69) is 20.4 Å². The fourth-order valence-corrected chi connectivity index (χ4v) is 3.99. The number of aromatic nitrogens is 2. The van der Waals surface area contributed by atoms with E-state index in [1.807, 2.05) is 53.2 Å². The molecule has 1 amide bonds. The molecule has 1 aromatic heterocycles. The summed E-state index contributed by atoms with van der Waals surface area (Å²) in [5.41, 5.74) is 5.49. The van der Waals surface area contributed by atoms with E-state index in [9.17, 15) is 4.79 Å². The van der Waals surface area contributed by atoms with E-state index in [1.54, 1.807) is 19.6 Å². The number of para-hydroxylation sites is 1. The van der Waals surface area contributed by atoms with Crippen molar-refractivity contribution >= 4 is 17.3 Å². The Morgan fingerprint density at radius 1 is 1.18 bits per heavy atom. The fourth-order valence-electron chi connectivity index (χ4n) is 3.99. The Morgan fingerprint density at radius 3 is 2.75 bits per heavy atom. The van der Waals surface area contributed by atoms with Gasteiger partial charge in [-0.3, -0.25) is 4.79 Å². The standard InChI is InChI=1S/C21H19N5O2/c1-28-24-18-9-11-26-19-16(18)3-2-4-17(19)21(27)23-20(26)14-5-7-15(8-6-14)25-12-10-22-13-25/h2-8,10,12-13,20H,9,11H2,1H3,(H,23,27)/b24-18+. The highest BCUT2D eigenvalue weighted by Crippen LogP contribution is 2.39. The summed E-state index contributed by atoms with van der Waals surface area (Å²) in [6.45, 7) is 0.750. The summed E-state index contributed by atoms with van der Waals surface area (Å²) in [5.74, 6) is -0.0737. The summed E-state index contributed by atoms with van der Waals surface area (Å²) in [5, 5.41) is 7.32. The maximum atomic E-state index is 12.8. The average Bonchev–Trinajstić information content (AvgIpc) is 3.27. The van der Waals surface area contributed by atoms with E-state index in [1.165, 1.54) is 0 Å². The summed E-state index contributed by atoms with van der Waals surface area (Å²) in [6.07, 6.45) is 5.95. The average molecular weight is 373 g/mol. The number of oxime groups is 1. The zero-order valence-corrected chi connectivity index (χ0v) is 15.4. The summed E-state index contributed by atoms with van der Waals surface area (Å²) >= 11 is 0. The molecule has 0 aliphatic carbocycles. The minimum atomic E-state index is -0.220. The second kappa shape index (κ2) is 6.53. The van der Waals surface area contributed by atoms with Gasteiger partial charge in [-0.05, 0) is 23.8 Å². The molecule has 28 heavy (non-hydrogen) atoms. The highest BCUT2D eigenvalue weighted by atomic mass is 16.6. The Morgan fingerprint density at radius 2 is 2.00 bits per heavy atom. The minimum absolute atomic E-state index is 0.0737. The molecule has 0 spiro atoms. The van der Waals surface area contributed by atoms with Crippen LogP contribution in [0, 0.1) is 0 Å². The van der Waals surface area contributed by atoms with E-state index < -0.39 is 0 Å². The number of amides is 1. The van der Waals surface area contributed by atoms with Crippen LogP contribution in [-0.4, -0.2) is 34.8 Å². The first-order chi connectivity index (χ1) is 13.8. The highest BCUT2D eigenvalue weighted by Gasteiger charge is 2.37. The molecule has 7 heteroatoms. The van der Waals surface area contributed by atoms with E-state index in [-0.39, 0.29) is 12.1 Å². The SMILES string of the molecule is CO/N=C1\CCN2c3c(cccc31)C(=O)NC2c1ccc(-n2ccnc2)cc1. The van der Waals surface area contributed by atoms with Crippen molar-refractivity contribution in [1.82, 2.24) is 14.9 Å². The van der Waals surface area contributed by atoms with Crippen molar-refractivity contribution < 1.29 is 9.63 Å². The maximum absolute atomic E-state index is 12.8. The molecule has 0 saturated carbocycles. The Kier molecular flexibility index (Phi) is 3.86. The third-order valence-electron chi connectivity index (χ3n) is 5.26. The van der Waals surface area contributed by atoms with Crippen molar-refractivity contribution in [3.63, 3.8) is 0 Å². The molecule has 0 fully saturated rings. The first-order valence-corrected chi connectivity index (χ1v) is 9.15. The van der Waals surface area contributed by atoms with Gasteiger partial charge in [-0.1, -0.05) is 29.4 Å². The molecule has 1 unspecified atom stereocenters. The van der Waals surface area contributed by atoms with Gasteiger partial charge in [0.15, 0.2) is 0 Å². The van der Waals surface area contributed by atoms with E-state index >= 15 is 0 Å². The Balaban J connectivity index is 1.56. The molecule has 2 aliphatic rings. The van der Waals surface area contributed by atoms with E-state index in [0.29, 0.717) is 5.56 Å². The van der Waals surface area contributed by atoms with Crippen molar-refractivity contribution in [2.24, 2.45) is 5.16 Å². The number of imidazole rings is 1. The lowest BCUT2D eigenvalue weighted by atomic mass is 9.92. The number of rotatable bonds is 3. The number of carbonyl (C=O) groups excluding carboxylic acids is 1. The lowest BCUT2D eigenvalue weighted by Crippen LogP contribution is -2.49. The van der Waals surface area contributed by atoms with Crippen LogP contribution in [0.1, 0.15) is 34.1 Å². The van der Waals surface area contributed by atoms with Gasteiger partial charge >= 0.3 is 0 Å². The lowest BCUT2D eigenvalue weighted by Gasteiger charge is -2.42. The van der Waals surface area contributed by atoms with Crippen molar-refractivity contribution in [3.05, 3.63) is 77.9 Å². The predicted octanol–water partition coefficient (Wildman–Crippen LogP) is 2.88. The molecular formula is C21H19N5O2. The molecule has 1 N–H and O–H groups in total. The van der Waals surface area contributed by atoms with Crippen molar-refractivity contribution in [1.29, 1.82) is 0 Å². The molecule has 5 rings (SSSR count). The number of nitrogens with one attached hydrogen (secondary N) is 1. The summed E-state index contributed by atoms with van der Waals surface area (Å²) in [7, 11) is 1.55. The lowest BCUT2D eigenvalue weighted by molar-refractivity contribution is 0.0926. The van der Waals surface area contributed by atoms with Crippen LogP contribution in [0.2, 0.25) is 0 Å². The van der Waals surface area contributed by atoms with Crippen molar-refractivity contribution in [2.75, 3.05) is 18.6 Å². The molecule has 1 atom stereocenters. The van der Waals surface area contributed by atoms with Gasteiger partial charge in [-0.2, -0.15) is 0 Å². The van der Waals surface area contributed by atoms with Crippen molar-refractivity contribution in [2.45, 2.75) is 12.6 Å². The second-order valence-corrected chi connectivity index (χ2v) is 6.80. The van der Waals surface area contributed by atoms with Crippen LogP contribution in [0.15, 0.2) is 66.3 Å². The molecular weight excluding hydrogens is 354 g/mol. The zero-order chi connectivity index (χ0) is 19.1. The molecule has 3 aromatic rings. The van der Waals surface area contributed by atoms with Crippen LogP contribution in [-0.2, 0) is 4.84 Å². The van der Waals surface area contributed by atoms with E-state index in [0.717, 1.165) is 41.2 Å². The van der Waals surface area contributed by atoms with Crippen molar-refractivity contribution in [3.8, 4) is 5.69 Å². The van der Waals surface area contributed by atoms with E-state index in [4.69, 9.17) is 4.84 Å². The number of carbonyl (C=O) groups is 1. The van der Waals surface area contributed by atoms with Crippen LogP contribution in [0.25, 0.3) is 5.69 Å². The quantitative estimate of drug-likeness (QED) is 0.717. The molecule has 0 saturated heterocycles. The Labute approximate surface area is 162 Å². The van der Waals surface area contributed by atoms with Crippen LogP contribution in [0.4, 0.5) is 5.69 Å². The molecule has 3 heterocycles. The summed E-state index contributed by atoms with van der Waals surface area (Å²) in [6, 6.07) is 13.9. The molecule has 0 radical (unpaired) electrons. The highest BCUT2D eigenvalue weighted by molar-refractivity contribution is 6.13. The Hall–Kier alpha value is -3.61. The maximum Gasteiger partial charge on any atom is 0.255 e. The largest absolute Gasteiger partial charge is 0.399 e. The third kappa shape index (κ3) is 2.55. The number of benzene rings is 2. The summed E-state index contributed by atoms with van der Waals surface area (Å²) < 4.78 is 1.95. The summed E-state index contributed by atoms with van der Waals surface area (Å²) in [4.78, 5) is 24.1. The molecule has 0 bridgehead atoms. The first-order valence-electron chi connectivity index (χ1n) is 9.15. The Bertz CT molecular complexity index is 1060. The molecule has 7 nitrogen and oxygen atoms in total. The minimum Gasteiger partial charge on any atom is -0.399 e. The van der Waals surface area contributed by atoms with Gasteiger partial charge in [0.1, 0.15) is 13.3 Å². The number of hydrogen-bond donors (Lipinski definition) is 1. The van der Waals surface area contributed by atoms with Gasteiger partial charge in [0, 0.05) is 36.6 Å². The van der Waals surface area contributed by atoms with Crippen LogP contribution < -0.4 is 10.2 Å². The fraction of sp³-hybridized carbons (Fsp3) is 0.190. The normalized spacial score (nSPS) is 19.3. The monoisotopic (exact) mass is 373 g/mol. The van der Waals surface area contributed by atoms with Crippen LogP contribution >= 0.6 is 0 Å². The molecule has 140 valence electrons. The van der Waals surface area contributed by atoms with Gasteiger partial charge in [0.2, 0.25) is 0 Å². The van der Waals surface area contributed by atoms with Gasteiger partial charge in [0.05, 0.1) is 23.3 Å². The second-order valence-electron chi connectivity index (χ2n) is 6.80. The number of anilines is 1. The molecule has 2 aliphatic heterocycles. The van der Waals surface area contributed by atoms with Crippen LogP contribution in [0.5, 0.6) is 0 Å². The smallest absolute Gasteiger partial charge is 0.255 e. The topological polar surface area (TPSA) is 71.8 Å².